The molecule has 9 nitrogen and oxygen atoms in total. The predicted octanol–water partition coefficient (Wildman–Crippen LogP) is 4.09. The fourth-order valence-corrected chi connectivity index (χ4v) is 4.08. The molecule has 1 atom stereocenters. The number of benzene rings is 2. The summed E-state index contributed by atoms with van der Waals surface area (Å²) in [5.41, 5.74) is 3.18. The molecule has 0 aliphatic rings. The molecule has 0 aliphatic carbocycles. The van der Waals surface area contributed by atoms with Gasteiger partial charge in [0.1, 0.15) is 6.04 Å². The first kappa shape index (κ1) is 24.2. The van der Waals surface area contributed by atoms with Gasteiger partial charge in [-0.05, 0) is 57.2 Å². The first-order valence-corrected chi connectivity index (χ1v) is 11.5. The van der Waals surface area contributed by atoms with Gasteiger partial charge < -0.3 is 10.6 Å². The molecule has 0 bridgehead atoms. The van der Waals surface area contributed by atoms with Crippen LogP contribution >= 0.6 is 11.6 Å². The van der Waals surface area contributed by atoms with Crippen LogP contribution in [0.2, 0.25) is 5.02 Å². The summed E-state index contributed by atoms with van der Waals surface area (Å²) in [7, 11) is 0. The van der Waals surface area contributed by atoms with Crippen molar-refractivity contribution in [2.75, 3.05) is 10.6 Å². The van der Waals surface area contributed by atoms with Gasteiger partial charge in [-0.2, -0.15) is 10.2 Å². The van der Waals surface area contributed by atoms with Crippen molar-refractivity contribution in [2.24, 2.45) is 0 Å². The molecule has 2 N–H and O–H groups in total. The van der Waals surface area contributed by atoms with Crippen LogP contribution in [0.1, 0.15) is 30.8 Å². The number of fused-ring (bicyclic) bond motifs is 1. The number of amides is 2. The number of anilines is 2. The number of nitrogens with zero attached hydrogens (tertiary/aromatic N) is 4. The molecule has 4 aromatic rings. The van der Waals surface area contributed by atoms with E-state index in [0.29, 0.717) is 33.8 Å². The van der Waals surface area contributed by atoms with Crippen LogP contribution < -0.4 is 16.1 Å². The van der Waals surface area contributed by atoms with Gasteiger partial charge in [0.15, 0.2) is 0 Å². The summed E-state index contributed by atoms with van der Waals surface area (Å²) in [5.74, 6) is -0.490. The number of rotatable bonds is 7. The van der Waals surface area contributed by atoms with Crippen molar-refractivity contribution >= 4 is 45.7 Å². The van der Waals surface area contributed by atoms with Gasteiger partial charge in [-0.15, -0.1) is 0 Å². The number of para-hydroxylation sites is 1. The second kappa shape index (κ2) is 10.1. The molecule has 1 unspecified atom stereocenters. The minimum absolute atomic E-state index is 0.149. The first-order valence-electron chi connectivity index (χ1n) is 11.1. The Morgan fingerprint density at radius 3 is 2.57 bits per heavy atom. The maximum absolute atomic E-state index is 12.7. The van der Waals surface area contributed by atoms with Crippen molar-refractivity contribution in [1.82, 2.24) is 19.6 Å². The third-order valence-electron chi connectivity index (χ3n) is 5.61. The standard InChI is InChI=1S/C25H25ClN6O3/c1-15-12-16(2)32(30-15)17(3)25(35)29-21-9-8-18(13-20(21)26)28-24(34)10-11-31-22-7-5-4-6-19(22)23(33)14-27-31/h4-9,12-14,17H,10-11H2,1-3H3,(H,28,34)(H,29,35). The zero-order chi connectivity index (χ0) is 25.1. The highest BCUT2D eigenvalue weighted by atomic mass is 35.5. The molecule has 0 fully saturated rings. The Balaban J connectivity index is 1.38. The lowest BCUT2D eigenvalue weighted by molar-refractivity contribution is -0.119. The molecule has 2 aromatic carbocycles. The monoisotopic (exact) mass is 492 g/mol. The van der Waals surface area contributed by atoms with E-state index in [1.807, 2.05) is 26.0 Å². The van der Waals surface area contributed by atoms with Crippen molar-refractivity contribution < 1.29 is 9.59 Å². The summed E-state index contributed by atoms with van der Waals surface area (Å²) >= 11 is 6.36. The van der Waals surface area contributed by atoms with Crippen molar-refractivity contribution in [2.45, 2.75) is 39.8 Å². The summed E-state index contributed by atoms with van der Waals surface area (Å²) in [6, 6.07) is 13.4. The Bertz CT molecular complexity index is 1480. The molecule has 10 heteroatoms. The first-order chi connectivity index (χ1) is 16.7. The number of carbonyl (C=O) groups excluding carboxylic acids is 2. The van der Waals surface area contributed by atoms with Crippen LogP contribution in [-0.4, -0.2) is 31.4 Å². The summed E-state index contributed by atoms with van der Waals surface area (Å²) < 4.78 is 3.29. The van der Waals surface area contributed by atoms with Crippen LogP contribution in [0.15, 0.2) is 59.5 Å². The van der Waals surface area contributed by atoms with Crippen molar-refractivity contribution in [3.05, 3.63) is 81.4 Å². The minimum atomic E-state index is -0.517. The van der Waals surface area contributed by atoms with Gasteiger partial charge >= 0.3 is 0 Å². The van der Waals surface area contributed by atoms with Crippen LogP contribution in [-0.2, 0) is 16.1 Å². The van der Waals surface area contributed by atoms with E-state index in [9.17, 15) is 14.4 Å². The zero-order valence-electron chi connectivity index (χ0n) is 19.6. The number of nitrogens with one attached hydrogen (secondary N) is 2. The SMILES string of the molecule is Cc1cc(C)n(C(C)C(=O)Nc2ccc(NC(=O)CCn3ncc(=O)c4ccccc43)cc2Cl)n1. The summed E-state index contributed by atoms with van der Waals surface area (Å²) in [6.07, 6.45) is 1.40. The van der Waals surface area contributed by atoms with Gasteiger partial charge in [0.05, 0.1) is 34.7 Å². The largest absolute Gasteiger partial charge is 0.326 e. The molecule has 2 aromatic heterocycles. The van der Waals surface area contributed by atoms with Crippen LogP contribution in [0.3, 0.4) is 0 Å². The van der Waals surface area contributed by atoms with Crippen molar-refractivity contribution in [1.29, 1.82) is 0 Å². The molecular weight excluding hydrogens is 468 g/mol. The minimum Gasteiger partial charge on any atom is -0.326 e. The number of hydrogen-bond acceptors (Lipinski definition) is 5. The predicted molar refractivity (Wildman–Crippen MR) is 136 cm³/mol. The lowest BCUT2D eigenvalue weighted by Gasteiger charge is -2.16. The fourth-order valence-electron chi connectivity index (χ4n) is 3.85. The van der Waals surface area contributed by atoms with Crippen LogP contribution in [0.4, 0.5) is 11.4 Å². The maximum atomic E-state index is 12.7. The molecule has 2 heterocycles. The summed E-state index contributed by atoms with van der Waals surface area (Å²) in [6.45, 7) is 5.83. The number of aromatic nitrogens is 4. The van der Waals surface area contributed by atoms with Gasteiger partial charge in [-0.1, -0.05) is 23.7 Å². The lowest BCUT2D eigenvalue weighted by atomic mass is 10.2. The third kappa shape index (κ3) is 5.41. The third-order valence-corrected chi connectivity index (χ3v) is 5.93. The van der Waals surface area contributed by atoms with E-state index >= 15 is 0 Å². The molecule has 0 saturated carbocycles. The van der Waals surface area contributed by atoms with E-state index in [-0.39, 0.29) is 23.7 Å². The van der Waals surface area contributed by atoms with E-state index in [2.05, 4.69) is 20.8 Å². The zero-order valence-corrected chi connectivity index (χ0v) is 20.3. The molecule has 2 amide bonds. The fraction of sp³-hybridized carbons (Fsp3) is 0.240. The van der Waals surface area contributed by atoms with E-state index < -0.39 is 6.04 Å². The van der Waals surface area contributed by atoms with Crippen LogP contribution in [0.25, 0.3) is 10.9 Å². The van der Waals surface area contributed by atoms with E-state index in [1.54, 1.807) is 52.7 Å². The molecule has 35 heavy (non-hydrogen) atoms. The number of halogens is 1. The van der Waals surface area contributed by atoms with Crippen molar-refractivity contribution in [3.8, 4) is 0 Å². The Kier molecular flexibility index (Phi) is 6.97. The number of aryl methyl sites for hydroxylation is 3. The van der Waals surface area contributed by atoms with Crippen molar-refractivity contribution in [3.63, 3.8) is 0 Å². The molecule has 0 spiro atoms. The maximum Gasteiger partial charge on any atom is 0.248 e. The average Bonchev–Trinajstić information content (AvgIpc) is 3.17. The quantitative estimate of drug-likeness (QED) is 0.403. The van der Waals surface area contributed by atoms with Gasteiger partial charge in [0.2, 0.25) is 17.2 Å². The molecular formula is C25H25ClN6O3. The topological polar surface area (TPSA) is 111 Å². The van der Waals surface area contributed by atoms with E-state index in [1.165, 1.54) is 6.20 Å². The van der Waals surface area contributed by atoms with Gasteiger partial charge in [-0.25, -0.2) is 0 Å². The second-order valence-electron chi connectivity index (χ2n) is 8.28. The lowest BCUT2D eigenvalue weighted by Crippen LogP contribution is -2.25. The molecule has 180 valence electrons. The van der Waals surface area contributed by atoms with Crippen LogP contribution in [0.5, 0.6) is 0 Å². The van der Waals surface area contributed by atoms with E-state index in [4.69, 9.17) is 11.6 Å². The highest BCUT2D eigenvalue weighted by molar-refractivity contribution is 6.34. The smallest absolute Gasteiger partial charge is 0.248 e. The Hall–Kier alpha value is -3.98. The molecule has 0 radical (unpaired) electrons. The van der Waals surface area contributed by atoms with Gasteiger partial charge in [-0.3, -0.25) is 23.7 Å². The Morgan fingerprint density at radius 1 is 1.09 bits per heavy atom. The number of carbonyl (C=O) groups is 2. The highest BCUT2D eigenvalue weighted by Gasteiger charge is 2.19. The average molecular weight is 493 g/mol. The molecule has 4 rings (SSSR count). The van der Waals surface area contributed by atoms with Gasteiger partial charge in [0.25, 0.3) is 0 Å². The summed E-state index contributed by atoms with van der Waals surface area (Å²) in [5, 5.41) is 15.0. The number of hydrogen-bond donors (Lipinski definition) is 2. The van der Waals surface area contributed by atoms with Gasteiger partial charge in [0, 0.05) is 23.2 Å². The Morgan fingerprint density at radius 2 is 1.86 bits per heavy atom. The molecule has 0 aliphatic heterocycles. The Labute approximate surface area is 206 Å². The van der Waals surface area contributed by atoms with E-state index in [0.717, 1.165) is 11.4 Å². The highest BCUT2D eigenvalue weighted by Crippen LogP contribution is 2.27. The summed E-state index contributed by atoms with van der Waals surface area (Å²) in [4.78, 5) is 37.2. The normalized spacial score (nSPS) is 11.9. The second-order valence-corrected chi connectivity index (χ2v) is 8.69. The molecule has 0 saturated heterocycles. The van der Waals surface area contributed by atoms with Crippen LogP contribution in [0, 0.1) is 13.8 Å².